The van der Waals surface area contributed by atoms with Gasteiger partial charge < -0.3 is 9.88 Å². The fourth-order valence-electron chi connectivity index (χ4n) is 3.99. The summed E-state index contributed by atoms with van der Waals surface area (Å²) in [7, 11) is 0. The summed E-state index contributed by atoms with van der Waals surface area (Å²) in [5, 5.41) is 3.06. The number of halogens is 1. The van der Waals surface area contributed by atoms with Crippen LogP contribution in [0.3, 0.4) is 0 Å². The number of carbonyl (C=O) groups is 1. The maximum Gasteiger partial charge on any atom is 0.228 e. The number of benzene rings is 2. The summed E-state index contributed by atoms with van der Waals surface area (Å²) in [5.41, 5.74) is 3.07. The molecular formula is C22H25BrN4O. The molecule has 146 valence electrons. The van der Waals surface area contributed by atoms with Crippen molar-refractivity contribution in [2.24, 2.45) is 5.92 Å². The molecule has 5 nitrogen and oxygen atoms in total. The molecule has 0 saturated carbocycles. The fraction of sp³-hybridized carbons (Fsp3) is 0.364. The number of hydrogen-bond donors (Lipinski definition) is 1. The highest BCUT2D eigenvalue weighted by Crippen LogP contribution is 2.23. The van der Waals surface area contributed by atoms with Gasteiger partial charge in [-0.2, -0.15) is 0 Å². The average molecular weight is 441 g/mol. The summed E-state index contributed by atoms with van der Waals surface area (Å²) in [6, 6.07) is 16.0. The predicted octanol–water partition coefficient (Wildman–Crippen LogP) is 4.67. The lowest BCUT2D eigenvalue weighted by molar-refractivity contribution is -0.121. The summed E-state index contributed by atoms with van der Waals surface area (Å²) < 4.78 is 3.29. The van der Waals surface area contributed by atoms with Crippen LogP contribution in [0.2, 0.25) is 0 Å². The number of imidazole rings is 1. The molecule has 2 aromatic carbocycles. The highest BCUT2D eigenvalue weighted by Gasteiger charge is 2.27. The van der Waals surface area contributed by atoms with Crippen molar-refractivity contribution in [3.63, 3.8) is 0 Å². The quantitative estimate of drug-likeness (QED) is 0.626. The third-order valence-electron chi connectivity index (χ3n) is 5.40. The van der Waals surface area contributed by atoms with E-state index in [-0.39, 0.29) is 11.8 Å². The number of nitrogens with zero attached hydrogens (tertiary/aromatic N) is 3. The average Bonchev–Trinajstić information content (AvgIpc) is 3.06. The van der Waals surface area contributed by atoms with Crippen LogP contribution < -0.4 is 5.32 Å². The zero-order chi connectivity index (χ0) is 19.5. The van der Waals surface area contributed by atoms with E-state index in [1.54, 1.807) is 0 Å². The first-order chi connectivity index (χ1) is 13.6. The van der Waals surface area contributed by atoms with E-state index in [1.165, 1.54) is 5.52 Å². The first-order valence-corrected chi connectivity index (χ1v) is 10.7. The molecule has 0 radical (unpaired) electrons. The van der Waals surface area contributed by atoms with E-state index >= 15 is 0 Å². The molecular weight excluding hydrogens is 416 g/mol. The van der Waals surface area contributed by atoms with E-state index in [9.17, 15) is 4.79 Å². The number of aromatic nitrogens is 2. The molecule has 1 N–H and O–H groups in total. The summed E-state index contributed by atoms with van der Waals surface area (Å²) in [5.74, 6) is 1.20. The second kappa shape index (κ2) is 8.45. The lowest BCUT2D eigenvalue weighted by Crippen LogP contribution is -2.40. The molecule has 1 aliphatic heterocycles. The van der Waals surface area contributed by atoms with Crippen LogP contribution in [0.4, 0.5) is 5.69 Å². The Morgan fingerprint density at radius 2 is 2.00 bits per heavy atom. The molecule has 6 heteroatoms. The van der Waals surface area contributed by atoms with Crippen molar-refractivity contribution in [1.29, 1.82) is 0 Å². The third-order valence-corrected chi connectivity index (χ3v) is 5.93. The van der Waals surface area contributed by atoms with Gasteiger partial charge in [0, 0.05) is 23.2 Å². The first kappa shape index (κ1) is 19.2. The number of carbonyl (C=O) groups excluding carboxylic acids is 1. The number of piperidine rings is 1. The van der Waals surface area contributed by atoms with E-state index in [4.69, 9.17) is 4.98 Å². The summed E-state index contributed by atoms with van der Waals surface area (Å²) in [4.78, 5) is 19.9. The largest absolute Gasteiger partial charge is 0.327 e. The number of rotatable bonds is 5. The second-order valence-corrected chi connectivity index (χ2v) is 8.25. The summed E-state index contributed by atoms with van der Waals surface area (Å²) >= 11 is 3.42. The van der Waals surface area contributed by atoms with Gasteiger partial charge in [-0.15, -0.1) is 0 Å². The Morgan fingerprint density at radius 1 is 1.21 bits per heavy atom. The van der Waals surface area contributed by atoms with Gasteiger partial charge in [-0.25, -0.2) is 4.98 Å². The Bertz CT molecular complexity index is 966. The van der Waals surface area contributed by atoms with Gasteiger partial charge in [-0.1, -0.05) is 28.1 Å². The van der Waals surface area contributed by atoms with Crippen LogP contribution in [-0.2, 0) is 17.9 Å². The molecule has 1 fully saturated rings. The Kier molecular flexibility index (Phi) is 5.78. The highest BCUT2D eigenvalue weighted by atomic mass is 79.9. The Hall–Kier alpha value is -2.18. The summed E-state index contributed by atoms with van der Waals surface area (Å²) in [6.07, 6.45) is 1.97. The van der Waals surface area contributed by atoms with Crippen LogP contribution >= 0.6 is 15.9 Å². The van der Waals surface area contributed by atoms with Crippen molar-refractivity contribution in [2.75, 3.05) is 18.4 Å². The zero-order valence-electron chi connectivity index (χ0n) is 16.1. The molecule has 1 aliphatic rings. The minimum atomic E-state index is 0.0110. The molecule has 1 saturated heterocycles. The van der Waals surface area contributed by atoms with Crippen LogP contribution in [0.15, 0.2) is 53.0 Å². The number of amides is 1. The van der Waals surface area contributed by atoms with Crippen molar-refractivity contribution >= 4 is 38.6 Å². The molecule has 4 rings (SSSR count). The first-order valence-electron chi connectivity index (χ1n) is 9.87. The topological polar surface area (TPSA) is 50.2 Å². The lowest BCUT2D eigenvalue weighted by atomic mass is 9.97. The van der Waals surface area contributed by atoms with Crippen molar-refractivity contribution in [1.82, 2.24) is 14.5 Å². The van der Waals surface area contributed by atoms with Crippen LogP contribution in [0, 0.1) is 5.92 Å². The highest BCUT2D eigenvalue weighted by molar-refractivity contribution is 9.10. The van der Waals surface area contributed by atoms with Gasteiger partial charge in [0.25, 0.3) is 0 Å². The van der Waals surface area contributed by atoms with Crippen molar-refractivity contribution < 1.29 is 4.79 Å². The molecule has 3 aromatic rings. The van der Waals surface area contributed by atoms with Gasteiger partial charge in [-0.05, 0) is 62.7 Å². The molecule has 2 heterocycles. The van der Waals surface area contributed by atoms with Gasteiger partial charge in [0.2, 0.25) is 5.91 Å². The number of para-hydroxylation sites is 2. The van der Waals surface area contributed by atoms with E-state index in [0.717, 1.165) is 60.5 Å². The predicted molar refractivity (Wildman–Crippen MR) is 116 cm³/mol. The zero-order valence-corrected chi connectivity index (χ0v) is 17.7. The molecule has 0 spiro atoms. The van der Waals surface area contributed by atoms with E-state index in [0.29, 0.717) is 0 Å². The van der Waals surface area contributed by atoms with Crippen LogP contribution in [0.5, 0.6) is 0 Å². The number of aryl methyl sites for hydroxylation is 1. The number of anilines is 1. The van der Waals surface area contributed by atoms with Gasteiger partial charge in [-0.3, -0.25) is 9.69 Å². The van der Waals surface area contributed by atoms with Gasteiger partial charge in [0.1, 0.15) is 5.82 Å². The molecule has 0 bridgehead atoms. The Morgan fingerprint density at radius 3 is 2.79 bits per heavy atom. The van der Waals surface area contributed by atoms with E-state index < -0.39 is 0 Å². The molecule has 0 aliphatic carbocycles. The summed E-state index contributed by atoms with van der Waals surface area (Å²) in [6.45, 7) is 5.62. The van der Waals surface area contributed by atoms with Crippen molar-refractivity contribution in [3.05, 3.63) is 58.8 Å². The number of hydrogen-bond acceptors (Lipinski definition) is 3. The normalized spacial score (nSPS) is 17.7. The van der Waals surface area contributed by atoms with Crippen LogP contribution in [-0.4, -0.2) is 33.4 Å². The Balaban J connectivity index is 1.44. The Labute approximate surface area is 173 Å². The number of likely N-dealkylation sites (tertiary alicyclic amines) is 1. The maximum absolute atomic E-state index is 12.7. The molecule has 0 unspecified atom stereocenters. The monoisotopic (exact) mass is 440 g/mol. The molecule has 1 atom stereocenters. The van der Waals surface area contributed by atoms with Crippen molar-refractivity contribution in [2.45, 2.75) is 32.9 Å². The minimum absolute atomic E-state index is 0.0110. The molecule has 28 heavy (non-hydrogen) atoms. The third kappa shape index (κ3) is 4.13. The maximum atomic E-state index is 12.7. The van der Waals surface area contributed by atoms with E-state index in [1.807, 2.05) is 30.3 Å². The number of fused-ring (bicyclic) bond motifs is 1. The van der Waals surface area contributed by atoms with Crippen molar-refractivity contribution in [3.8, 4) is 0 Å². The lowest BCUT2D eigenvalue weighted by Gasteiger charge is -2.31. The van der Waals surface area contributed by atoms with E-state index in [2.05, 4.69) is 55.8 Å². The second-order valence-electron chi connectivity index (χ2n) is 7.33. The van der Waals surface area contributed by atoms with Crippen LogP contribution in [0.25, 0.3) is 11.0 Å². The minimum Gasteiger partial charge on any atom is -0.327 e. The standard InChI is InChI=1S/C22H25BrN4O/c1-2-27-20-8-4-3-7-19(20)25-21(27)15-26-13-5-6-16(14-26)22(28)24-18-11-9-17(23)10-12-18/h3-4,7-12,16H,2,5-6,13-15H2,1H3,(H,24,28)/t16-/m0/s1. The van der Waals surface area contributed by atoms with Crippen LogP contribution in [0.1, 0.15) is 25.6 Å². The van der Waals surface area contributed by atoms with Gasteiger partial charge in [0.05, 0.1) is 23.5 Å². The fourth-order valence-corrected chi connectivity index (χ4v) is 4.25. The SMILES string of the molecule is CCn1c(CN2CCC[C@H](C(=O)Nc3ccc(Br)cc3)C2)nc2ccccc21. The van der Waals surface area contributed by atoms with Gasteiger partial charge in [0.15, 0.2) is 0 Å². The van der Waals surface area contributed by atoms with Gasteiger partial charge >= 0.3 is 0 Å². The number of nitrogens with one attached hydrogen (secondary N) is 1. The smallest absolute Gasteiger partial charge is 0.228 e. The molecule has 1 amide bonds. The molecule has 1 aromatic heterocycles.